The summed E-state index contributed by atoms with van der Waals surface area (Å²) in [6.07, 6.45) is 0. The van der Waals surface area contributed by atoms with E-state index in [0.29, 0.717) is 11.3 Å². The highest BCUT2D eigenvalue weighted by molar-refractivity contribution is 5.92. The molecule has 1 amide bonds. The zero-order valence-electron chi connectivity index (χ0n) is 15.6. The van der Waals surface area contributed by atoms with E-state index in [-0.39, 0.29) is 12.5 Å². The standard InChI is InChI=1S/C19H21N5O3/c1-11-7-13(20-10-18(25)26)5-6-14(11)15-9-17-21-16(19(27)23(3)4)8-12(2)24(17)22-15/h5-9,20H,10H2,1-4H3,(H,25,26). The minimum absolute atomic E-state index is 0.140. The van der Waals surface area contributed by atoms with Gasteiger partial charge in [0.1, 0.15) is 12.2 Å². The maximum atomic E-state index is 12.2. The molecule has 0 aliphatic heterocycles. The van der Waals surface area contributed by atoms with Crippen molar-refractivity contribution >= 4 is 23.2 Å². The first-order chi connectivity index (χ1) is 12.8. The summed E-state index contributed by atoms with van der Waals surface area (Å²) in [6, 6.07) is 9.15. The summed E-state index contributed by atoms with van der Waals surface area (Å²) in [6.45, 7) is 3.68. The minimum Gasteiger partial charge on any atom is -0.480 e. The second kappa shape index (κ2) is 7.06. The molecule has 8 nitrogen and oxygen atoms in total. The molecule has 0 bridgehead atoms. The van der Waals surface area contributed by atoms with Gasteiger partial charge in [-0.15, -0.1) is 0 Å². The fourth-order valence-corrected chi connectivity index (χ4v) is 2.83. The number of aliphatic carboxylic acids is 1. The first-order valence-electron chi connectivity index (χ1n) is 8.42. The highest BCUT2D eigenvalue weighted by Crippen LogP contribution is 2.26. The van der Waals surface area contributed by atoms with Crippen LogP contribution < -0.4 is 5.32 Å². The van der Waals surface area contributed by atoms with E-state index >= 15 is 0 Å². The number of amides is 1. The number of carbonyl (C=O) groups is 2. The van der Waals surface area contributed by atoms with Gasteiger partial charge >= 0.3 is 5.97 Å². The Kier molecular flexibility index (Phi) is 4.81. The van der Waals surface area contributed by atoms with Crippen LogP contribution in [0.15, 0.2) is 30.3 Å². The van der Waals surface area contributed by atoms with Crippen LogP contribution in [0.2, 0.25) is 0 Å². The third-order valence-corrected chi connectivity index (χ3v) is 4.18. The molecule has 0 saturated carbocycles. The Hall–Kier alpha value is -3.42. The van der Waals surface area contributed by atoms with E-state index in [4.69, 9.17) is 5.11 Å². The third-order valence-electron chi connectivity index (χ3n) is 4.18. The second-order valence-electron chi connectivity index (χ2n) is 6.56. The largest absolute Gasteiger partial charge is 0.480 e. The number of hydrogen-bond donors (Lipinski definition) is 2. The lowest BCUT2D eigenvalue weighted by atomic mass is 10.1. The zero-order chi connectivity index (χ0) is 19.7. The average molecular weight is 367 g/mol. The summed E-state index contributed by atoms with van der Waals surface area (Å²) in [7, 11) is 3.38. The van der Waals surface area contributed by atoms with Gasteiger partial charge in [0.15, 0.2) is 5.65 Å². The van der Waals surface area contributed by atoms with Crippen molar-refractivity contribution in [3.05, 3.63) is 47.3 Å². The first-order valence-corrected chi connectivity index (χ1v) is 8.42. The van der Waals surface area contributed by atoms with Gasteiger partial charge in [-0.3, -0.25) is 9.59 Å². The summed E-state index contributed by atoms with van der Waals surface area (Å²) < 4.78 is 1.71. The number of aromatic nitrogens is 3. The SMILES string of the molecule is Cc1cc(NCC(=O)O)ccc1-c1cc2nc(C(=O)N(C)C)cc(C)n2n1. The molecule has 2 N–H and O–H groups in total. The predicted octanol–water partition coefficient (Wildman–Crippen LogP) is 2.21. The molecule has 27 heavy (non-hydrogen) atoms. The second-order valence-corrected chi connectivity index (χ2v) is 6.56. The van der Waals surface area contributed by atoms with Gasteiger partial charge in [-0.2, -0.15) is 5.10 Å². The maximum absolute atomic E-state index is 12.2. The molecule has 140 valence electrons. The Bertz CT molecular complexity index is 1040. The van der Waals surface area contributed by atoms with Gasteiger partial charge in [0.05, 0.1) is 5.69 Å². The number of nitrogens with one attached hydrogen (secondary N) is 1. The fraction of sp³-hybridized carbons (Fsp3) is 0.263. The molecule has 0 radical (unpaired) electrons. The summed E-state index contributed by atoms with van der Waals surface area (Å²) in [5, 5.41) is 16.2. The first kappa shape index (κ1) is 18.4. The van der Waals surface area contributed by atoms with Crippen LogP contribution in [-0.4, -0.2) is 57.1 Å². The van der Waals surface area contributed by atoms with Crippen molar-refractivity contribution in [2.75, 3.05) is 26.0 Å². The van der Waals surface area contributed by atoms with Crippen molar-refractivity contribution in [1.82, 2.24) is 19.5 Å². The van der Waals surface area contributed by atoms with Gasteiger partial charge in [-0.25, -0.2) is 9.50 Å². The van der Waals surface area contributed by atoms with Crippen LogP contribution in [0.3, 0.4) is 0 Å². The molecule has 0 unspecified atom stereocenters. The number of aryl methyl sites for hydroxylation is 2. The number of fused-ring (bicyclic) bond motifs is 1. The van der Waals surface area contributed by atoms with Crippen LogP contribution >= 0.6 is 0 Å². The topological polar surface area (TPSA) is 99.8 Å². The molecular formula is C19H21N5O3. The van der Waals surface area contributed by atoms with E-state index in [0.717, 1.165) is 28.2 Å². The molecule has 2 aromatic heterocycles. The third kappa shape index (κ3) is 3.74. The maximum Gasteiger partial charge on any atom is 0.322 e. The number of benzene rings is 1. The molecule has 3 aromatic rings. The van der Waals surface area contributed by atoms with Crippen molar-refractivity contribution in [3.8, 4) is 11.3 Å². The molecule has 0 aliphatic carbocycles. The van der Waals surface area contributed by atoms with Gasteiger partial charge in [-0.1, -0.05) is 6.07 Å². The number of hydrogen-bond acceptors (Lipinski definition) is 5. The Balaban J connectivity index is 1.99. The summed E-state index contributed by atoms with van der Waals surface area (Å²) in [4.78, 5) is 28.8. The number of carboxylic acids is 1. The van der Waals surface area contributed by atoms with Crippen LogP contribution in [0, 0.1) is 13.8 Å². The van der Waals surface area contributed by atoms with Crippen LogP contribution in [0.25, 0.3) is 16.9 Å². The predicted molar refractivity (Wildman–Crippen MR) is 102 cm³/mol. The Morgan fingerprint density at radius 1 is 1.19 bits per heavy atom. The molecule has 0 atom stereocenters. The number of nitrogens with zero attached hydrogens (tertiary/aromatic N) is 4. The van der Waals surface area contributed by atoms with Crippen LogP contribution in [0.1, 0.15) is 21.7 Å². The van der Waals surface area contributed by atoms with Gasteiger partial charge in [-0.05, 0) is 37.6 Å². The lowest BCUT2D eigenvalue weighted by molar-refractivity contribution is -0.134. The van der Waals surface area contributed by atoms with Gasteiger partial charge < -0.3 is 15.3 Å². The molecule has 0 spiro atoms. The van der Waals surface area contributed by atoms with E-state index in [9.17, 15) is 9.59 Å². The summed E-state index contributed by atoms with van der Waals surface area (Å²) in [5.74, 6) is -1.07. The fourth-order valence-electron chi connectivity index (χ4n) is 2.83. The van der Waals surface area contributed by atoms with Crippen LogP contribution in [0.5, 0.6) is 0 Å². The van der Waals surface area contributed by atoms with E-state index in [2.05, 4.69) is 15.4 Å². The summed E-state index contributed by atoms with van der Waals surface area (Å²) in [5.41, 5.74) is 5.13. The zero-order valence-corrected chi connectivity index (χ0v) is 15.6. The molecule has 0 saturated heterocycles. The highest BCUT2D eigenvalue weighted by Gasteiger charge is 2.15. The van der Waals surface area contributed by atoms with Crippen LogP contribution in [-0.2, 0) is 4.79 Å². The van der Waals surface area contributed by atoms with E-state index in [1.54, 1.807) is 24.7 Å². The quantitative estimate of drug-likeness (QED) is 0.717. The Morgan fingerprint density at radius 2 is 1.93 bits per heavy atom. The smallest absolute Gasteiger partial charge is 0.322 e. The van der Waals surface area contributed by atoms with Crippen molar-refractivity contribution in [2.24, 2.45) is 0 Å². The van der Waals surface area contributed by atoms with Crippen molar-refractivity contribution in [3.63, 3.8) is 0 Å². The Labute approximate surface area is 156 Å². The number of carboxylic acid groups (broad SMARTS) is 1. The molecular weight excluding hydrogens is 346 g/mol. The average Bonchev–Trinajstić information content (AvgIpc) is 3.03. The lowest BCUT2D eigenvalue weighted by Gasteiger charge is -2.10. The lowest BCUT2D eigenvalue weighted by Crippen LogP contribution is -2.23. The normalized spacial score (nSPS) is 10.8. The van der Waals surface area contributed by atoms with E-state index in [1.165, 1.54) is 4.90 Å². The molecule has 3 rings (SSSR count). The number of rotatable bonds is 5. The van der Waals surface area contributed by atoms with E-state index < -0.39 is 5.97 Å². The van der Waals surface area contributed by atoms with Crippen molar-refractivity contribution in [2.45, 2.75) is 13.8 Å². The number of carbonyl (C=O) groups excluding carboxylic acids is 1. The van der Waals surface area contributed by atoms with E-state index in [1.807, 2.05) is 38.1 Å². The molecule has 8 heteroatoms. The van der Waals surface area contributed by atoms with Crippen molar-refractivity contribution < 1.29 is 14.7 Å². The van der Waals surface area contributed by atoms with Gasteiger partial charge in [0.2, 0.25) is 0 Å². The van der Waals surface area contributed by atoms with Crippen molar-refractivity contribution in [1.29, 1.82) is 0 Å². The molecule has 1 aromatic carbocycles. The minimum atomic E-state index is -0.915. The molecule has 2 heterocycles. The van der Waals surface area contributed by atoms with Gasteiger partial charge in [0, 0.05) is 37.1 Å². The Morgan fingerprint density at radius 3 is 2.56 bits per heavy atom. The monoisotopic (exact) mass is 367 g/mol. The van der Waals surface area contributed by atoms with Crippen LogP contribution in [0.4, 0.5) is 5.69 Å². The molecule has 0 aliphatic rings. The van der Waals surface area contributed by atoms with Gasteiger partial charge in [0.25, 0.3) is 5.91 Å². The highest BCUT2D eigenvalue weighted by atomic mass is 16.4. The summed E-state index contributed by atoms with van der Waals surface area (Å²) >= 11 is 0. The number of anilines is 1. The molecule has 0 fully saturated rings.